The van der Waals surface area contributed by atoms with Crippen molar-refractivity contribution in [2.45, 2.75) is 46.1 Å². The van der Waals surface area contributed by atoms with Gasteiger partial charge in [0.2, 0.25) is 0 Å². The third-order valence-electron chi connectivity index (χ3n) is 4.88. The minimum atomic E-state index is -1.00. The van der Waals surface area contributed by atoms with Crippen molar-refractivity contribution in [3.63, 3.8) is 0 Å². The van der Waals surface area contributed by atoms with E-state index in [9.17, 15) is 9.59 Å². The first-order valence-corrected chi connectivity index (χ1v) is 8.55. The van der Waals surface area contributed by atoms with Gasteiger partial charge in [-0.05, 0) is 44.7 Å². The van der Waals surface area contributed by atoms with Gasteiger partial charge in [-0.15, -0.1) is 0 Å². The van der Waals surface area contributed by atoms with Gasteiger partial charge in [-0.1, -0.05) is 23.8 Å². The van der Waals surface area contributed by atoms with Gasteiger partial charge in [-0.3, -0.25) is 9.59 Å². The molecule has 132 valence electrons. The monoisotopic (exact) mass is 341 g/mol. The second-order valence-electron chi connectivity index (χ2n) is 6.80. The normalized spacial score (nSPS) is 17.1. The molecule has 1 atom stereocenters. The van der Waals surface area contributed by atoms with Crippen LogP contribution in [0.25, 0.3) is 0 Å². The highest BCUT2D eigenvalue weighted by Gasteiger charge is 2.34. The van der Waals surface area contributed by atoms with Crippen LogP contribution < -0.4 is 0 Å². The highest BCUT2D eigenvalue weighted by Crippen LogP contribution is 2.36. The molecule has 0 aliphatic carbocycles. The molecule has 0 bridgehead atoms. The lowest BCUT2D eigenvalue weighted by Gasteiger charge is -2.27. The number of hydrogen-bond donors (Lipinski definition) is 1. The Bertz CT molecular complexity index is 821. The van der Waals surface area contributed by atoms with Crippen molar-refractivity contribution in [3.8, 4) is 0 Å². The van der Waals surface area contributed by atoms with Crippen LogP contribution in [-0.2, 0) is 11.2 Å². The average molecular weight is 341 g/mol. The minimum absolute atomic E-state index is 0.0272. The quantitative estimate of drug-likeness (QED) is 0.918. The van der Waals surface area contributed by atoms with Gasteiger partial charge in [-0.25, -0.2) is 0 Å². The number of likely N-dealkylation sites (tertiary alicyclic amines) is 1. The molecular weight excluding hydrogens is 318 g/mol. The molecule has 1 aliphatic rings. The number of amides is 1. The summed E-state index contributed by atoms with van der Waals surface area (Å²) in [4.78, 5) is 26.1. The fourth-order valence-electron chi connectivity index (χ4n) is 3.65. The SMILES string of the molecule is Cc1ccc(C)c(C2CCCN2C(=O)c2c(C)coc2CC(=O)O)c1. The van der Waals surface area contributed by atoms with Gasteiger partial charge in [-0.2, -0.15) is 0 Å². The number of carboxylic acids is 1. The molecule has 2 aromatic rings. The van der Waals surface area contributed by atoms with Crippen molar-refractivity contribution < 1.29 is 19.1 Å². The van der Waals surface area contributed by atoms with Crippen LogP contribution in [0.3, 0.4) is 0 Å². The van der Waals surface area contributed by atoms with Crippen LogP contribution in [0.5, 0.6) is 0 Å². The molecule has 25 heavy (non-hydrogen) atoms. The Balaban J connectivity index is 1.95. The van der Waals surface area contributed by atoms with Crippen LogP contribution in [0.15, 0.2) is 28.9 Å². The van der Waals surface area contributed by atoms with Gasteiger partial charge in [0.05, 0.1) is 17.9 Å². The summed E-state index contributed by atoms with van der Waals surface area (Å²) in [6.45, 7) is 6.57. The summed E-state index contributed by atoms with van der Waals surface area (Å²) in [5.74, 6) is -0.900. The number of nitrogens with zero attached hydrogens (tertiary/aromatic N) is 1. The Morgan fingerprint density at radius 1 is 1.24 bits per heavy atom. The van der Waals surface area contributed by atoms with Gasteiger partial charge >= 0.3 is 5.97 Å². The average Bonchev–Trinajstić information content (AvgIpc) is 3.16. The molecule has 1 fully saturated rings. The van der Waals surface area contributed by atoms with E-state index < -0.39 is 5.97 Å². The highest BCUT2D eigenvalue weighted by molar-refractivity contribution is 5.98. The van der Waals surface area contributed by atoms with Crippen molar-refractivity contribution in [2.75, 3.05) is 6.54 Å². The molecular formula is C20H23NO4. The maximum Gasteiger partial charge on any atom is 0.311 e. The van der Waals surface area contributed by atoms with Gasteiger partial charge in [0.15, 0.2) is 0 Å². The van der Waals surface area contributed by atoms with Crippen molar-refractivity contribution in [1.82, 2.24) is 4.90 Å². The Morgan fingerprint density at radius 2 is 2.00 bits per heavy atom. The molecule has 1 N–H and O–H groups in total. The lowest BCUT2D eigenvalue weighted by molar-refractivity contribution is -0.136. The van der Waals surface area contributed by atoms with Crippen LogP contribution >= 0.6 is 0 Å². The molecule has 5 nitrogen and oxygen atoms in total. The summed E-state index contributed by atoms with van der Waals surface area (Å²) in [5.41, 5.74) is 4.61. The second kappa shape index (κ2) is 6.75. The molecule has 1 aromatic carbocycles. The summed E-state index contributed by atoms with van der Waals surface area (Å²) in [6.07, 6.45) is 3.04. The Kier molecular flexibility index (Phi) is 4.66. The number of aryl methyl sites for hydroxylation is 3. The first-order valence-electron chi connectivity index (χ1n) is 8.55. The molecule has 0 spiro atoms. The lowest BCUT2D eigenvalue weighted by atomic mass is 9.96. The van der Waals surface area contributed by atoms with E-state index in [1.54, 1.807) is 6.92 Å². The Labute approximate surface area is 147 Å². The van der Waals surface area contributed by atoms with E-state index in [2.05, 4.69) is 32.0 Å². The molecule has 2 heterocycles. The molecule has 5 heteroatoms. The van der Waals surface area contributed by atoms with E-state index in [1.165, 1.54) is 23.0 Å². The summed E-state index contributed by atoms with van der Waals surface area (Å²) >= 11 is 0. The van der Waals surface area contributed by atoms with E-state index in [0.717, 1.165) is 12.8 Å². The van der Waals surface area contributed by atoms with E-state index in [1.807, 2.05) is 4.90 Å². The van der Waals surface area contributed by atoms with Gasteiger partial charge < -0.3 is 14.4 Å². The smallest absolute Gasteiger partial charge is 0.311 e. The van der Waals surface area contributed by atoms with Gasteiger partial charge in [0.25, 0.3) is 5.91 Å². The van der Waals surface area contributed by atoms with Crippen LogP contribution in [0, 0.1) is 20.8 Å². The van der Waals surface area contributed by atoms with Crippen molar-refractivity contribution in [1.29, 1.82) is 0 Å². The third kappa shape index (κ3) is 3.31. The number of carboxylic acid groups (broad SMARTS) is 1. The minimum Gasteiger partial charge on any atom is -0.481 e. The molecule has 0 radical (unpaired) electrons. The maximum atomic E-state index is 13.2. The zero-order chi connectivity index (χ0) is 18.1. The fourth-order valence-corrected chi connectivity index (χ4v) is 3.65. The summed E-state index contributed by atoms with van der Waals surface area (Å²) in [6, 6.07) is 6.33. The van der Waals surface area contributed by atoms with Crippen LogP contribution in [0.2, 0.25) is 0 Å². The highest BCUT2D eigenvalue weighted by atomic mass is 16.4. The van der Waals surface area contributed by atoms with Crippen LogP contribution in [-0.4, -0.2) is 28.4 Å². The zero-order valence-electron chi connectivity index (χ0n) is 14.8. The van der Waals surface area contributed by atoms with E-state index in [0.29, 0.717) is 17.7 Å². The fraction of sp³-hybridized carbons (Fsp3) is 0.400. The zero-order valence-corrected chi connectivity index (χ0v) is 14.8. The molecule has 1 saturated heterocycles. The molecule has 0 saturated carbocycles. The van der Waals surface area contributed by atoms with Gasteiger partial charge in [0.1, 0.15) is 12.2 Å². The number of carbonyl (C=O) groups excluding carboxylic acids is 1. The number of carbonyl (C=O) groups is 2. The Hall–Kier alpha value is -2.56. The molecule has 3 rings (SSSR count). The topological polar surface area (TPSA) is 70.8 Å². The van der Waals surface area contributed by atoms with E-state index in [-0.39, 0.29) is 24.1 Å². The van der Waals surface area contributed by atoms with Crippen molar-refractivity contribution >= 4 is 11.9 Å². The molecule has 1 unspecified atom stereocenters. The summed E-state index contributed by atoms with van der Waals surface area (Å²) < 4.78 is 5.34. The number of rotatable bonds is 4. The number of benzene rings is 1. The van der Waals surface area contributed by atoms with Crippen molar-refractivity contribution in [3.05, 3.63) is 58.0 Å². The first-order chi connectivity index (χ1) is 11.9. The number of furan rings is 1. The van der Waals surface area contributed by atoms with Gasteiger partial charge in [0, 0.05) is 12.1 Å². The molecule has 1 amide bonds. The summed E-state index contributed by atoms with van der Waals surface area (Å²) in [7, 11) is 0. The first kappa shape index (κ1) is 17.3. The predicted octanol–water partition coefficient (Wildman–Crippen LogP) is 3.81. The third-order valence-corrected chi connectivity index (χ3v) is 4.88. The number of aliphatic carboxylic acids is 1. The number of hydrogen-bond acceptors (Lipinski definition) is 3. The standard InChI is InChI=1S/C20H23NO4/c1-12-6-7-13(2)15(9-12)16-5-4-8-21(16)20(24)19-14(3)11-25-17(19)10-18(22)23/h6-7,9,11,16H,4-5,8,10H2,1-3H3,(H,22,23). The van der Waals surface area contributed by atoms with Crippen LogP contribution in [0.1, 0.15) is 57.3 Å². The molecule has 1 aliphatic heterocycles. The second-order valence-corrected chi connectivity index (χ2v) is 6.80. The Morgan fingerprint density at radius 3 is 2.72 bits per heavy atom. The largest absolute Gasteiger partial charge is 0.481 e. The van der Waals surface area contributed by atoms with E-state index >= 15 is 0 Å². The summed E-state index contributed by atoms with van der Waals surface area (Å²) in [5, 5.41) is 9.06. The molecule has 1 aromatic heterocycles. The maximum absolute atomic E-state index is 13.2. The predicted molar refractivity (Wildman–Crippen MR) is 93.7 cm³/mol. The van der Waals surface area contributed by atoms with E-state index in [4.69, 9.17) is 9.52 Å². The van der Waals surface area contributed by atoms with Crippen LogP contribution in [0.4, 0.5) is 0 Å². The van der Waals surface area contributed by atoms with Crippen molar-refractivity contribution in [2.24, 2.45) is 0 Å². The lowest BCUT2D eigenvalue weighted by Crippen LogP contribution is -2.32.